The first kappa shape index (κ1) is 12.6. The number of carbonyl (C=O) groups is 2. The minimum absolute atomic E-state index is 0.139. The van der Waals surface area contributed by atoms with E-state index in [2.05, 4.69) is 17.6 Å². The number of carbonyl (C=O) groups excluding carboxylic acids is 2. The molecule has 17 heavy (non-hydrogen) atoms. The SMILES string of the molecule is CC1CCC(CNC2CCC(=O)NC2=O)CC1. The Morgan fingerprint density at radius 2 is 1.88 bits per heavy atom. The molecule has 0 aromatic heterocycles. The standard InChI is InChI=1S/C13H22N2O2/c1-9-2-4-10(5-3-9)8-14-11-6-7-12(16)15-13(11)17/h9-11,14H,2-8H2,1H3,(H,15,16,17). The summed E-state index contributed by atoms with van der Waals surface area (Å²) in [5.41, 5.74) is 0. The van der Waals surface area contributed by atoms with Gasteiger partial charge < -0.3 is 5.32 Å². The molecule has 1 saturated heterocycles. The molecule has 1 atom stereocenters. The fraction of sp³-hybridized carbons (Fsp3) is 0.846. The molecule has 2 N–H and O–H groups in total. The first-order valence-corrected chi connectivity index (χ1v) is 6.72. The molecule has 2 fully saturated rings. The van der Waals surface area contributed by atoms with E-state index in [9.17, 15) is 9.59 Å². The largest absolute Gasteiger partial charge is 0.306 e. The smallest absolute Gasteiger partial charge is 0.243 e. The van der Waals surface area contributed by atoms with Crippen molar-refractivity contribution in [3.63, 3.8) is 0 Å². The van der Waals surface area contributed by atoms with Crippen LogP contribution in [0.5, 0.6) is 0 Å². The summed E-state index contributed by atoms with van der Waals surface area (Å²) < 4.78 is 0. The molecule has 4 nitrogen and oxygen atoms in total. The Morgan fingerprint density at radius 3 is 2.53 bits per heavy atom. The number of piperidine rings is 1. The predicted octanol–water partition coefficient (Wildman–Crippen LogP) is 1.21. The average Bonchev–Trinajstić information content (AvgIpc) is 2.30. The van der Waals surface area contributed by atoms with Crippen molar-refractivity contribution in [3.8, 4) is 0 Å². The zero-order valence-corrected chi connectivity index (χ0v) is 10.5. The van der Waals surface area contributed by atoms with E-state index in [-0.39, 0.29) is 17.9 Å². The van der Waals surface area contributed by atoms with E-state index in [0.29, 0.717) is 18.8 Å². The van der Waals surface area contributed by atoms with Gasteiger partial charge in [-0.3, -0.25) is 14.9 Å². The lowest BCUT2D eigenvalue weighted by Crippen LogP contribution is -2.51. The van der Waals surface area contributed by atoms with Gasteiger partial charge in [0.15, 0.2) is 0 Å². The Bertz CT molecular complexity index is 296. The van der Waals surface area contributed by atoms with Gasteiger partial charge in [0.25, 0.3) is 0 Å². The van der Waals surface area contributed by atoms with Gasteiger partial charge in [-0.15, -0.1) is 0 Å². The highest BCUT2D eigenvalue weighted by atomic mass is 16.2. The molecule has 4 heteroatoms. The van der Waals surface area contributed by atoms with Gasteiger partial charge >= 0.3 is 0 Å². The summed E-state index contributed by atoms with van der Waals surface area (Å²) in [4.78, 5) is 22.5. The third-order valence-corrected chi connectivity index (χ3v) is 4.03. The van der Waals surface area contributed by atoms with E-state index in [1.165, 1.54) is 25.7 Å². The highest BCUT2D eigenvalue weighted by Gasteiger charge is 2.27. The molecule has 0 radical (unpaired) electrons. The van der Waals surface area contributed by atoms with Gasteiger partial charge in [0, 0.05) is 6.42 Å². The summed E-state index contributed by atoms with van der Waals surface area (Å²) in [6.45, 7) is 3.23. The summed E-state index contributed by atoms with van der Waals surface area (Å²) in [6, 6.07) is -0.160. The molecule has 0 spiro atoms. The van der Waals surface area contributed by atoms with Crippen LogP contribution in [0.15, 0.2) is 0 Å². The average molecular weight is 238 g/mol. The maximum atomic E-state index is 11.5. The zero-order chi connectivity index (χ0) is 12.3. The lowest BCUT2D eigenvalue weighted by atomic mass is 9.83. The predicted molar refractivity (Wildman–Crippen MR) is 65.3 cm³/mol. The fourth-order valence-electron chi connectivity index (χ4n) is 2.73. The van der Waals surface area contributed by atoms with Crippen molar-refractivity contribution in [2.75, 3.05) is 6.54 Å². The van der Waals surface area contributed by atoms with Crippen molar-refractivity contribution in [2.24, 2.45) is 11.8 Å². The monoisotopic (exact) mass is 238 g/mol. The molecule has 0 aromatic carbocycles. The Hall–Kier alpha value is -0.900. The van der Waals surface area contributed by atoms with Gasteiger partial charge in [0.2, 0.25) is 11.8 Å². The van der Waals surface area contributed by atoms with E-state index < -0.39 is 0 Å². The van der Waals surface area contributed by atoms with Crippen LogP contribution in [0.4, 0.5) is 0 Å². The van der Waals surface area contributed by atoms with Gasteiger partial charge in [0.1, 0.15) is 0 Å². The molecule has 2 aliphatic rings. The normalized spacial score (nSPS) is 34.5. The molecule has 1 aliphatic carbocycles. The molecule has 2 rings (SSSR count). The molecule has 96 valence electrons. The highest BCUT2D eigenvalue weighted by Crippen LogP contribution is 2.27. The molecule has 0 aromatic rings. The topological polar surface area (TPSA) is 58.2 Å². The molecular formula is C13H22N2O2. The van der Waals surface area contributed by atoms with E-state index in [0.717, 1.165) is 12.5 Å². The lowest BCUT2D eigenvalue weighted by molar-refractivity contribution is -0.134. The minimum Gasteiger partial charge on any atom is -0.306 e. The van der Waals surface area contributed by atoms with Crippen LogP contribution in [0, 0.1) is 11.8 Å². The second kappa shape index (κ2) is 5.63. The Morgan fingerprint density at radius 1 is 1.18 bits per heavy atom. The first-order valence-electron chi connectivity index (χ1n) is 6.72. The maximum absolute atomic E-state index is 11.5. The third-order valence-electron chi connectivity index (χ3n) is 4.03. The second-order valence-electron chi connectivity index (χ2n) is 5.54. The van der Waals surface area contributed by atoms with Crippen LogP contribution >= 0.6 is 0 Å². The molecule has 1 unspecified atom stereocenters. The van der Waals surface area contributed by atoms with Crippen molar-refractivity contribution in [1.82, 2.24) is 10.6 Å². The number of hydrogen-bond donors (Lipinski definition) is 2. The fourth-order valence-corrected chi connectivity index (χ4v) is 2.73. The summed E-state index contributed by atoms with van der Waals surface area (Å²) in [5.74, 6) is 1.28. The minimum atomic E-state index is -0.160. The summed E-state index contributed by atoms with van der Waals surface area (Å²) >= 11 is 0. The van der Waals surface area contributed by atoms with E-state index in [1.54, 1.807) is 0 Å². The molecule has 0 bridgehead atoms. The number of hydrogen-bond acceptors (Lipinski definition) is 3. The summed E-state index contributed by atoms with van der Waals surface area (Å²) in [6.07, 6.45) is 6.26. The van der Waals surface area contributed by atoms with Crippen LogP contribution in [-0.4, -0.2) is 24.4 Å². The van der Waals surface area contributed by atoms with Crippen LogP contribution in [-0.2, 0) is 9.59 Å². The van der Waals surface area contributed by atoms with Crippen LogP contribution in [0.2, 0.25) is 0 Å². The number of rotatable bonds is 3. The Kier molecular flexibility index (Phi) is 4.15. The van der Waals surface area contributed by atoms with Gasteiger partial charge in [0.05, 0.1) is 6.04 Å². The summed E-state index contributed by atoms with van der Waals surface area (Å²) in [7, 11) is 0. The maximum Gasteiger partial charge on any atom is 0.243 e. The highest BCUT2D eigenvalue weighted by molar-refractivity contribution is 6.00. The van der Waals surface area contributed by atoms with Crippen LogP contribution in [0.25, 0.3) is 0 Å². The third kappa shape index (κ3) is 3.53. The van der Waals surface area contributed by atoms with E-state index >= 15 is 0 Å². The van der Waals surface area contributed by atoms with Gasteiger partial charge in [-0.2, -0.15) is 0 Å². The quantitative estimate of drug-likeness (QED) is 0.727. The molecule has 1 heterocycles. The van der Waals surface area contributed by atoms with Gasteiger partial charge in [-0.1, -0.05) is 19.8 Å². The molecule has 2 amide bonds. The number of nitrogens with one attached hydrogen (secondary N) is 2. The second-order valence-corrected chi connectivity index (χ2v) is 5.54. The first-order chi connectivity index (χ1) is 8.15. The zero-order valence-electron chi connectivity index (χ0n) is 10.5. The van der Waals surface area contributed by atoms with Crippen molar-refractivity contribution in [3.05, 3.63) is 0 Å². The van der Waals surface area contributed by atoms with Crippen molar-refractivity contribution < 1.29 is 9.59 Å². The molecule has 1 saturated carbocycles. The van der Waals surface area contributed by atoms with Crippen molar-refractivity contribution in [1.29, 1.82) is 0 Å². The van der Waals surface area contributed by atoms with Crippen LogP contribution in [0.1, 0.15) is 45.4 Å². The Balaban J connectivity index is 1.71. The number of imide groups is 1. The molecular weight excluding hydrogens is 216 g/mol. The summed E-state index contributed by atoms with van der Waals surface area (Å²) in [5, 5.41) is 5.70. The van der Waals surface area contributed by atoms with Gasteiger partial charge in [-0.05, 0) is 37.6 Å². The lowest BCUT2D eigenvalue weighted by Gasteiger charge is -2.29. The number of amides is 2. The van der Waals surface area contributed by atoms with E-state index in [4.69, 9.17) is 0 Å². The van der Waals surface area contributed by atoms with Gasteiger partial charge in [-0.25, -0.2) is 0 Å². The molecule has 1 aliphatic heterocycles. The van der Waals surface area contributed by atoms with Crippen LogP contribution < -0.4 is 10.6 Å². The Labute approximate surface area is 103 Å². The van der Waals surface area contributed by atoms with Crippen LogP contribution in [0.3, 0.4) is 0 Å². The van der Waals surface area contributed by atoms with Crippen molar-refractivity contribution in [2.45, 2.75) is 51.5 Å². The van der Waals surface area contributed by atoms with Crippen molar-refractivity contribution >= 4 is 11.8 Å². The van der Waals surface area contributed by atoms with E-state index in [1.807, 2.05) is 0 Å².